The van der Waals surface area contributed by atoms with Gasteiger partial charge in [0.05, 0.1) is 26.2 Å². The summed E-state index contributed by atoms with van der Waals surface area (Å²) in [5, 5.41) is 4.48. The van der Waals surface area contributed by atoms with Gasteiger partial charge in [-0.05, 0) is 30.4 Å². The normalized spacial score (nSPS) is 25.0. The van der Waals surface area contributed by atoms with E-state index in [0.717, 1.165) is 16.9 Å². The van der Waals surface area contributed by atoms with Crippen LogP contribution in [-0.4, -0.2) is 57.4 Å². The number of amides is 1. The highest BCUT2D eigenvalue weighted by Crippen LogP contribution is 2.23. The average molecular weight is 407 g/mol. The fourth-order valence-electron chi connectivity index (χ4n) is 4.06. The van der Waals surface area contributed by atoms with E-state index in [-0.39, 0.29) is 5.91 Å². The number of carbonyl (C=O) groups excluding carboxylic acids is 1. The van der Waals surface area contributed by atoms with Gasteiger partial charge in [0.1, 0.15) is 0 Å². The standard InChI is InChI=1S/C21H31N3O3S/c1-18-7-5-6-10-20(18)22-21(25)17-23-12-14-24(15-13-23)28(26,27)16-11-19-8-3-2-4-9-19/h2-4,8-9,11,16,18,20H,5-7,10,12-15,17H2,1H3,(H,22,25)/p+1/b16-11+/t18-,20-/m1/s1. The molecule has 3 rings (SSSR count). The first-order chi connectivity index (χ1) is 13.4. The highest BCUT2D eigenvalue weighted by molar-refractivity contribution is 7.92. The molecule has 6 nitrogen and oxygen atoms in total. The molecule has 1 aliphatic heterocycles. The predicted octanol–water partition coefficient (Wildman–Crippen LogP) is 0.883. The SMILES string of the molecule is C[C@@H]1CCCC[C@H]1NC(=O)C[NH+]1CCN(S(=O)(=O)/C=C/c2ccccc2)CC1. The molecule has 0 radical (unpaired) electrons. The van der Waals surface area contributed by atoms with Crippen molar-refractivity contribution < 1.29 is 18.1 Å². The number of nitrogens with one attached hydrogen (secondary N) is 2. The maximum atomic E-state index is 12.5. The number of rotatable bonds is 6. The minimum Gasteiger partial charge on any atom is -0.348 e. The number of hydrogen-bond acceptors (Lipinski definition) is 3. The second-order valence-corrected chi connectivity index (χ2v) is 9.84. The average Bonchev–Trinajstić information content (AvgIpc) is 2.69. The Hall–Kier alpha value is -1.70. The molecular weight excluding hydrogens is 374 g/mol. The van der Waals surface area contributed by atoms with Crippen LogP contribution in [0.2, 0.25) is 0 Å². The summed E-state index contributed by atoms with van der Waals surface area (Å²) < 4.78 is 26.6. The van der Waals surface area contributed by atoms with Crippen molar-refractivity contribution in [2.45, 2.75) is 38.6 Å². The zero-order valence-electron chi connectivity index (χ0n) is 16.6. The van der Waals surface area contributed by atoms with Crippen LogP contribution in [0.4, 0.5) is 0 Å². The number of piperazine rings is 1. The summed E-state index contributed by atoms with van der Waals surface area (Å²) >= 11 is 0. The van der Waals surface area contributed by atoms with E-state index in [1.54, 1.807) is 6.08 Å². The molecule has 7 heteroatoms. The van der Waals surface area contributed by atoms with E-state index in [9.17, 15) is 13.2 Å². The summed E-state index contributed by atoms with van der Waals surface area (Å²) in [5.74, 6) is 0.639. The van der Waals surface area contributed by atoms with E-state index < -0.39 is 10.0 Å². The molecule has 2 N–H and O–H groups in total. The molecule has 0 spiro atoms. The molecule has 1 amide bonds. The molecule has 1 saturated carbocycles. The molecule has 0 unspecified atom stereocenters. The van der Waals surface area contributed by atoms with Gasteiger partial charge in [0.2, 0.25) is 10.0 Å². The maximum Gasteiger partial charge on any atom is 0.275 e. The van der Waals surface area contributed by atoms with E-state index in [4.69, 9.17) is 0 Å². The van der Waals surface area contributed by atoms with Crippen LogP contribution in [-0.2, 0) is 14.8 Å². The Bertz CT molecular complexity index is 771. The molecule has 0 aromatic heterocycles. The summed E-state index contributed by atoms with van der Waals surface area (Å²) in [6, 6.07) is 9.71. The Morgan fingerprint density at radius 1 is 1.18 bits per heavy atom. The molecule has 1 aromatic carbocycles. The molecule has 1 aromatic rings. The van der Waals surface area contributed by atoms with E-state index in [1.807, 2.05) is 30.3 Å². The number of carbonyl (C=O) groups is 1. The third-order valence-electron chi connectivity index (χ3n) is 5.89. The molecule has 1 aliphatic carbocycles. The number of hydrogen-bond donors (Lipinski definition) is 2. The fourth-order valence-corrected chi connectivity index (χ4v) is 5.26. The summed E-state index contributed by atoms with van der Waals surface area (Å²) in [7, 11) is -3.42. The first-order valence-corrected chi connectivity index (χ1v) is 11.8. The summed E-state index contributed by atoms with van der Waals surface area (Å²) in [6.45, 7) is 4.85. The number of benzene rings is 1. The number of sulfonamides is 1. The fraction of sp³-hybridized carbons (Fsp3) is 0.571. The first kappa shape index (κ1) is 21.0. The Kier molecular flexibility index (Phi) is 7.26. The number of nitrogens with zero attached hydrogens (tertiary/aromatic N) is 1. The van der Waals surface area contributed by atoms with Crippen LogP contribution >= 0.6 is 0 Å². The van der Waals surface area contributed by atoms with Crippen LogP contribution in [0.3, 0.4) is 0 Å². The highest BCUT2D eigenvalue weighted by Gasteiger charge is 2.29. The van der Waals surface area contributed by atoms with Crippen molar-refractivity contribution in [1.29, 1.82) is 0 Å². The zero-order chi connectivity index (χ0) is 20.0. The molecule has 0 bridgehead atoms. The minimum absolute atomic E-state index is 0.0917. The zero-order valence-corrected chi connectivity index (χ0v) is 17.5. The Balaban J connectivity index is 1.46. The van der Waals surface area contributed by atoms with Gasteiger partial charge in [-0.1, -0.05) is 50.1 Å². The molecule has 2 fully saturated rings. The monoisotopic (exact) mass is 406 g/mol. The van der Waals surface area contributed by atoms with Crippen LogP contribution in [0, 0.1) is 5.92 Å². The van der Waals surface area contributed by atoms with Gasteiger partial charge in [-0.3, -0.25) is 4.79 Å². The summed E-state index contributed by atoms with van der Waals surface area (Å²) in [6.07, 6.45) is 6.34. The van der Waals surface area contributed by atoms with Gasteiger partial charge < -0.3 is 10.2 Å². The van der Waals surface area contributed by atoms with E-state index in [1.165, 1.54) is 29.0 Å². The van der Waals surface area contributed by atoms with Gasteiger partial charge >= 0.3 is 0 Å². The predicted molar refractivity (Wildman–Crippen MR) is 111 cm³/mol. The van der Waals surface area contributed by atoms with Crippen molar-refractivity contribution in [2.24, 2.45) is 5.92 Å². The van der Waals surface area contributed by atoms with Crippen molar-refractivity contribution in [2.75, 3.05) is 32.7 Å². The largest absolute Gasteiger partial charge is 0.348 e. The summed E-state index contributed by atoms with van der Waals surface area (Å²) in [5.41, 5.74) is 0.865. The van der Waals surface area contributed by atoms with Crippen LogP contribution in [0.15, 0.2) is 35.7 Å². The van der Waals surface area contributed by atoms with Crippen molar-refractivity contribution >= 4 is 22.0 Å². The van der Waals surface area contributed by atoms with Gasteiger partial charge in [0.15, 0.2) is 6.54 Å². The van der Waals surface area contributed by atoms with Gasteiger partial charge in [0.25, 0.3) is 5.91 Å². The molecule has 2 aliphatic rings. The van der Waals surface area contributed by atoms with Crippen molar-refractivity contribution in [3.63, 3.8) is 0 Å². The third-order valence-corrected chi connectivity index (χ3v) is 7.45. The van der Waals surface area contributed by atoms with Crippen LogP contribution < -0.4 is 10.2 Å². The molecule has 1 saturated heterocycles. The van der Waals surface area contributed by atoms with Gasteiger partial charge in [-0.2, -0.15) is 4.31 Å². The van der Waals surface area contributed by atoms with Gasteiger partial charge in [0, 0.05) is 11.4 Å². The Morgan fingerprint density at radius 2 is 1.86 bits per heavy atom. The minimum atomic E-state index is -3.42. The molecular formula is C21H32N3O3S+. The first-order valence-electron chi connectivity index (χ1n) is 10.3. The second-order valence-electron chi connectivity index (χ2n) is 8.02. The molecule has 2 atom stereocenters. The van der Waals surface area contributed by atoms with E-state index in [0.29, 0.717) is 44.7 Å². The third kappa shape index (κ3) is 5.90. The topological polar surface area (TPSA) is 70.9 Å². The lowest BCUT2D eigenvalue weighted by Crippen LogP contribution is -3.15. The smallest absolute Gasteiger partial charge is 0.275 e. The van der Waals surface area contributed by atoms with Crippen LogP contribution in [0.5, 0.6) is 0 Å². The lowest BCUT2D eigenvalue weighted by atomic mass is 9.86. The molecule has 154 valence electrons. The van der Waals surface area contributed by atoms with Crippen molar-refractivity contribution in [3.8, 4) is 0 Å². The van der Waals surface area contributed by atoms with Crippen LogP contribution in [0.1, 0.15) is 38.2 Å². The maximum absolute atomic E-state index is 12.5. The second kappa shape index (κ2) is 9.67. The number of quaternary nitrogens is 1. The molecule has 28 heavy (non-hydrogen) atoms. The van der Waals surface area contributed by atoms with Crippen LogP contribution in [0.25, 0.3) is 6.08 Å². The lowest BCUT2D eigenvalue weighted by molar-refractivity contribution is -0.895. The Labute approximate surface area is 168 Å². The molecule has 1 heterocycles. The highest BCUT2D eigenvalue weighted by atomic mass is 32.2. The van der Waals surface area contributed by atoms with Crippen molar-refractivity contribution in [1.82, 2.24) is 9.62 Å². The van der Waals surface area contributed by atoms with Crippen molar-refractivity contribution in [3.05, 3.63) is 41.3 Å². The Morgan fingerprint density at radius 3 is 2.54 bits per heavy atom. The van der Waals surface area contributed by atoms with E-state index in [2.05, 4.69) is 12.2 Å². The summed E-state index contributed by atoms with van der Waals surface area (Å²) in [4.78, 5) is 13.5. The van der Waals surface area contributed by atoms with E-state index >= 15 is 0 Å². The van der Waals surface area contributed by atoms with Gasteiger partial charge in [-0.15, -0.1) is 0 Å². The quantitative estimate of drug-likeness (QED) is 0.737. The lowest BCUT2D eigenvalue weighted by Gasteiger charge is -2.32. The van der Waals surface area contributed by atoms with Gasteiger partial charge in [-0.25, -0.2) is 8.42 Å².